The van der Waals surface area contributed by atoms with Crippen molar-refractivity contribution in [1.82, 2.24) is 0 Å². The lowest BCUT2D eigenvalue weighted by atomic mass is 9.88. The summed E-state index contributed by atoms with van der Waals surface area (Å²) in [4.78, 5) is 2.37. The van der Waals surface area contributed by atoms with E-state index in [1.54, 1.807) is 6.07 Å². The minimum Gasteiger partial charge on any atom is -0.371 e. The fourth-order valence-corrected chi connectivity index (χ4v) is 3.78. The first-order chi connectivity index (χ1) is 11.8. The molecule has 3 heteroatoms. The first kappa shape index (κ1) is 15.2. The van der Waals surface area contributed by atoms with Crippen LogP contribution in [0.4, 0.5) is 10.1 Å². The zero-order valence-corrected chi connectivity index (χ0v) is 13.6. The molecule has 0 unspecified atom stereocenters. The van der Waals surface area contributed by atoms with Gasteiger partial charge in [-0.25, -0.2) is 4.39 Å². The van der Waals surface area contributed by atoms with Crippen molar-refractivity contribution in [2.24, 2.45) is 0 Å². The predicted molar refractivity (Wildman–Crippen MR) is 92.6 cm³/mol. The molecule has 1 aliphatic heterocycles. The van der Waals surface area contributed by atoms with E-state index in [0.717, 1.165) is 37.1 Å². The minimum atomic E-state index is -0.134. The molecule has 1 heterocycles. The monoisotopic (exact) mass is 319 g/mol. The van der Waals surface area contributed by atoms with Crippen molar-refractivity contribution in [1.29, 1.82) is 5.26 Å². The Morgan fingerprint density at radius 1 is 1.04 bits per heavy atom. The fourth-order valence-electron chi connectivity index (χ4n) is 3.78. The van der Waals surface area contributed by atoms with Crippen LogP contribution in [0.1, 0.15) is 54.2 Å². The van der Waals surface area contributed by atoms with Crippen molar-refractivity contribution in [2.45, 2.75) is 37.5 Å². The maximum Gasteiger partial charge on any atom is 0.127 e. The molecule has 121 valence electrons. The zero-order chi connectivity index (χ0) is 16.5. The fraction of sp³-hybridized carbons (Fsp3) is 0.381. The molecule has 2 aromatic carbocycles. The van der Waals surface area contributed by atoms with Gasteiger partial charge in [-0.05, 0) is 79.0 Å². The number of hydrogen-bond acceptors (Lipinski definition) is 2. The summed E-state index contributed by atoms with van der Waals surface area (Å²) in [5.41, 5.74) is 4.06. The molecule has 2 aromatic rings. The van der Waals surface area contributed by atoms with Crippen LogP contribution < -0.4 is 4.90 Å². The third-order valence-corrected chi connectivity index (χ3v) is 5.32. The van der Waals surface area contributed by atoms with Crippen LogP contribution in [0.25, 0.3) is 0 Å². The summed E-state index contributed by atoms with van der Waals surface area (Å²) >= 11 is 0. The highest BCUT2D eigenvalue weighted by atomic mass is 19.1. The van der Waals surface area contributed by atoms with Crippen molar-refractivity contribution in [3.8, 4) is 6.07 Å². The molecule has 2 fully saturated rings. The van der Waals surface area contributed by atoms with E-state index in [-0.39, 0.29) is 11.7 Å². The van der Waals surface area contributed by atoms with E-state index in [1.807, 2.05) is 12.1 Å². The molecule has 1 saturated carbocycles. The van der Waals surface area contributed by atoms with Gasteiger partial charge in [0.15, 0.2) is 0 Å². The Balaban J connectivity index is 1.49. The highest BCUT2D eigenvalue weighted by Gasteiger charge is 2.28. The third-order valence-electron chi connectivity index (χ3n) is 5.32. The Morgan fingerprint density at radius 2 is 1.79 bits per heavy atom. The van der Waals surface area contributed by atoms with E-state index in [9.17, 15) is 9.65 Å². The van der Waals surface area contributed by atoms with E-state index in [1.165, 1.54) is 30.2 Å². The van der Waals surface area contributed by atoms with Crippen LogP contribution in [0.5, 0.6) is 0 Å². The van der Waals surface area contributed by atoms with Gasteiger partial charge in [0.2, 0.25) is 0 Å². The average Bonchev–Trinajstić information content (AvgIpc) is 3.47. The van der Waals surface area contributed by atoms with E-state index in [2.05, 4.69) is 29.2 Å². The maximum absolute atomic E-state index is 14.0. The summed E-state index contributed by atoms with van der Waals surface area (Å²) in [5.74, 6) is 0.731. The van der Waals surface area contributed by atoms with Crippen molar-refractivity contribution in [3.05, 3.63) is 65.0 Å². The van der Waals surface area contributed by atoms with Crippen LogP contribution in [-0.2, 0) is 0 Å². The molecule has 2 aliphatic rings. The molecule has 0 aromatic heterocycles. The van der Waals surface area contributed by atoms with Crippen LogP contribution in [0.15, 0.2) is 36.4 Å². The Hall–Kier alpha value is -2.34. The standard InChI is InChI=1S/C21H20FN2/c22-21-4-2-1-3-19(21)16-9-11-24(12-10-16)18-8-7-17(14-23)20(13-18)15-5-6-15/h1,3-4,7-8,13,15-16H,5-6,9-12H2. The smallest absolute Gasteiger partial charge is 0.127 e. The van der Waals surface area contributed by atoms with Gasteiger partial charge in [0.25, 0.3) is 0 Å². The van der Waals surface area contributed by atoms with Gasteiger partial charge in [-0.3, -0.25) is 0 Å². The molecule has 0 N–H and O–H groups in total. The molecule has 1 saturated heterocycles. The van der Waals surface area contributed by atoms with Gasteiger partial charge in [0, 0.05) is 18.8 Å². The third kappa shape index (κ3) is 2.89. The number of halogens is 1. The van der Waals surface area contributed by atoms with Gasteiger partial charge in [0.1, 0.15) is 5.82 Å². The van der Waals surface area contributed by atoms with E-state index in [0.29, 0.717) is 5.92 Å². The Bertz CT molecular complexity index is 781. The Labute approximate surface area is 142 Å². The lowest BCUT2D eigenvalue weighted by Crippen LogP contribution is -2.33. The molecule has 0 atom stereocenters. The minimum absolute atomic E-state index is 0.134. The molecule has 24 heavy (non-hydrogen) atoms. The number of nitriles is 1. The summed E-state index contributed by atoms with van der Waals surface area (Å²) in [6.45, 7) is 1.86. The summed E-state index contributed by atoms with van der Waals surface area (Å²) < 4.78 is 14.0. The number of anilines is 1. The zero-order valence-electron chi connectivity index (χ0n) is 13.6. The highest BCUT2D eigenvalue weighted by molar-refractivity contribution is 5.56. The Kier molecular flexibility index (Phi) is 3.98. The van der Waals surface area contributed by atoms with Crippen molar-refractivity contribution >= 4 is 5.69 Å². The normalized spacial score (nSPS) is 18.4. The van der Waals surface area contributed by atoms with Gasteiger partial charge < -0.3 is 4.90 Å². The van der Waals surface area contributed by atoms with Crippen molar-refractivity contribution in [3.63, 3.8) is 0 Å². The molecule has 1 radical (unpaired) electrons. The second kappa shape index (κ2) is 6.28. The molecule has 0 bridgehead atoms. The lowest BCUT2D eigenvalue weighted by Gasteiger charge is -2.34. The molecule has 0 amide bonds. The SMILES string of the molecule is N#Cc1ccc(N2CCC(c3cc[c]cc3F)CC2)cc1C1CC1. The predicted octanol–water partition coefficient (Wildman–Crippen LogP) is 4.76. The second-order valence-electron chi connectivity index (χ2n) is 6.87. The topological polar surface area (TPSA) is 27.0 Å². The molecule has 0 spiro atoms. The summed E-state index contributed by atoms with van der Waals surface area (Å²) in [6.07, 6.45) is 4.31. The van der Waals surface area contributed by atoms with Crippen LogP contribution in [0.2, 0.25) is 0 Å². The molecular weight excluding hydrogens is 299 g/mol. The van der Waals surface area contributed by atoms with E-state index >= 15 is 0 Å². The summed E-state index contributed by atoms with van der Waals surface area (Å²) in [6, 6.07) is 16.4. The van der Waals surface area contributed by atoms with Crippen LogP contribution >= 0.6 is 0 Å². The number of hydrogen-bond donors (Lipinski definition) is 0. The second-order valence-corrected chi connectivity index (χ2v) is 6.87. The van der Waals surface area contributed by atoms with Gasteiger partial charge in [-0.2, -0.15) is 5.26 Å². The first-order valence-electron chi connectivity index (χ1n) is 8.71. The van der Waals surface area contributed by atoms with Gasteiger partial charge in [-0.15, -0.1) is 0 Å². The summed E-state index contributed by atoms with van der Waals surface area (Å²) in [5, 5.41) is 9.28. The number of nitrogens with zero attached hydrogens (tertiary/aromatic N) is 2. The molecule has 2 nitrogen and oxygen atoms in total. The average molecular weight is 319 g/mol. The van der Waals surface area contributed by atoms with E-state index < -0.39 is 0 Å². The largest absolute Gasteiger partial charge is 0.371 e. The maximum atomic E-state index is 14.0. The van der Waals surface area contributed by atoms with Gasteiger partial charge in [-0.1, -0.05) is 12.1 Å². The summed E-state index contributed by atoms with van der Waals surface area (Å²) in [7, 11) is 0. The molecular formula is C21H20FN2. The lowest BCUT2D eigenvalue weighted by molar-refractivity contribution is 0.481. The number of benzene rings is 2. The highest BCUT2D eigenvalue weighted by Crippen LogP contribution is 2.43. The van der Waals surface area contributed by atoms with Crippen LogP contribution in [0, 0.1) is 23.2 Å². The molecule has 4 rings (SSSR count). The number of rotatable bonds is 3. The quantitative estimate of drug-likeness (QED) is 0.815. The van der Waals surface area contributed by atoms with E-state index in [4.69, 9.17) is 0 Å². The van der Waals surface area contributed by atoms with Crippen LogP contribution in [-0.4, -0.2) is 13.1 Å². The molecule has 1 aliphatic carbocycles. The first-order valence-corrected chi connectivity index (χ1v) is 8.71. The number of piperidine rings is 1. The van der Waals surface area contributed by atoms with Crippen LogP contribution in [0.3, 0.4) is 0 Å². The van der Waals surface area contributed by atoms with Gasteiger partial charge >= 0.3 is 0 Å². The van der Waals surface area contributed by atoms with Crippen molar-refractivity contribution < 1.29 is 4.39 Å². The Morgan fingerprint density at radius 3 is 2.46 bits per heavy atom. The van der Waals surface area contributed by atoms with Crippen molar-refractivity contribution in [2.75, 3.05) is 18.0 Å². The van der Waals surface area contributed by atoms with Gasteiger partial charge in [0.05, 0.1) is 11.6 Å².